The van der Waals surface area contributed by atoms with Crippen molar-refractivity contribution in [1.29, 1.82) is 0 Å². The summed E-state index contributed by atoms with van der Waals surface area (Å²) in [6, 6.07) is 15.6. The predicted molar refractivity (Wildman–Crippen MR) is 150 cm³/mol. The molecule has 2 unspecified atom stereocenters. The number of hydrogen-bond donors (Lipinski definition) is 0. The van der Waals surface area contributed by atoms with Crippen molar-refractivity contribution in [1.82, 2.24) is 0 Å². The Labute approximate surface area is 222 Å². The van der Waals surface area contributed by atoms with Crippen LogP contribution in [0.25, 0.3) is 22.3 Å². The van der Waals surface area contributed by atoms with Crippen molar-refractivity contribution in [2.24, 2.45) is 16.7 Å². The monoisotopic (exact) mass is 508 g/mol. The zero-order chi connectivity index (χ0) is 27.6. The first-order valence-electron chi connectivity index (χ1n) is 13.1. The minimum Gasteiger partial charge on any atom is -0.496 e. The Hall–Kier alpha value is -2.95. The molecule has 0 saturated heterocycles. The van der Waals surface area contributed by atoms with Crippen LogP contribution in [0.15, 0.2) is 52.9 Å². The van der Waals surface area contributed by atoms with Gasteiger partial charge in [-0.05, 0) is 68.4 Å². The second kappa shape index (κ2) is 10.8. The van der Waals surface area contributed by atoms with E-state index in [-0.39, 0.29) is 28.8 Å². The molecule has 5 heteroatoms. The van der Waals surface area contributed by atoms with Crippen LogP contribution in [-0.4, -0.2) is 24.8 Å². The molecule has 0 aliphatic rings. The van der Waals surface area contributed by atoms with Gasteiger partial charge in [0.2, 0.25) is 0 Å². The third-order valence-electron chi connectivity index (χ3n) is 6.50. The molecule has 202 valence electrons. The SMILES string of the molecule is COc1ccccc1-c1cc2ccc(OC(C)CC(C)(C)OC(=O)C(CC(C)(C)C)C(C)(C)C)cc2o1. The number of carbonyl (C=O) groups excluding carboxylic acids is 1. The second-order valence-electron chi connectivity index (χ2n) is 13.0. The molecule has 3 rings (SSSR count). The van der Waals surface area contributed by atoms with Crippen LogP contribution in [-0.2, 0) is 9.53 Å². The van der Waals surface area contributed by atoms with Gasteiger partial charge in [0.05, 0.1) is 24.7 Å². The Morgan fingerprint density at radius 1 is 0.919 bits per heavy atom. The molecule has 0 aliphatic heterocycles. The van der Waals surface area contributed by atoms with E-state index in [1.165, 1.54) is 0 Å². The van der Waals surface area contributed by atoms with Crippen LogP contribution in [0.2, 0.25) is 0 Å². The summed E-state index contributed by atoms with van der Waals surface area (Å²) in [5, 5.41) is 0.988. The summed E-state index contributed by atoms with van der Waals surface area (Å²) in [5.41, 5.74) is 0.841. The van der Waals surface area contributed by atoms with E-state index in [1.807, 2.05) is 69.3 Å². The van der Waals surface area contributed by atoms with E-state index in [2.05, 4.69) is 41.5 Å². The number of furan rings is 1. The van der Waals surface area contributed by atoms with Gasteiger partial charge in [0.25, 0.3) is 0 Å². The second-order valence-corrected chi connectivity index (χ2v) is 13.0. The van der Waals surface area contributed by atoms with E-state index in [9.17, 15) is 4.79 Å². The summed E-state index contributed by atoms with van der Waals surface area (Å²) in [5.74, 6) is 1.90. The lowest BCUT2D eigenvalue weighted by Gasteiger charge is -2.37. The van der Waals surface area contributed by atoms with Gasteiger partial charge < -0.3 is 18.6 Å². The smallest absolute Gasteiger partial charge is 0.310 e. The fourth-order valence-corrected chi connectivity index (χ4v) is 4.77. The van der Waals surface area contributed by atoms with E-state index in [0.717, 1.165) is 34.5 Å². The fraction of sp³-hybridized carbons (Fsp3) is 0.531. The van der Waals surface area contributed by atoms with Gasteiger partial charge in [0, 0.05) is 17.9 Å². The van der Waals surface area contributed by atoms with Crippen molar-refractivity contribution in [2.45, 2.75) is 86.9 Å². The highest BCUT2D eigenvalue weighted by atomic mass is 16.6. The van der Waals surface area contributed by atoms with Gasteiger partial charge in [-0.2, -0.15) is 0 Å². The van der Waals surface area contributed by atoms with Crippen molar-refractivity contribution in [3.63, 3.8) is 0 Å². The van der Waals surface area contributed by atoms with Crippen LogP contribution in [0.4, 0.5) is 0 Å². The highest BCUT2D eigenvalue weighted by molar-refractivity contribution is 5.85. The van der Waals surface area contributed by atoms with Gasteiger partial charge in [-0.3, -0.25) is 4.79 Å². The standard InChI is InChI=1S/C32H44O5/c1-21(19-32(8,9)37-29(33)25(31(5,6)7)20-30(2,3)4)35-23-16-15-22-17-28(36-27(22)18-23)24-13-11-12-14-26(24)34-10/h11-18,21,25H,19-20H2,1-10H3. The van der Waals surface area contributed by atoms with Gasteiger partial charge in [0.1, 0.15) is 28.4 Å². The first-order chi connectivity index (χ1) is 17.1. The van der Waals surface area contributed by atoms with Crippen LogP contribution in [0, 0.1) is 16.7 Å². The van der Waals surface area contributed by atoms with Crippen molar-refractivity contribution < 1.29 is 23.4 Å². The van der Waals surface area contributed by atoms with Crippen molar-refractivity contribution in [3.8, 4) is 22.8 Å². The van der Waals surface area contributed by atoms with Crippen molar-refractivity contribution >= 4 is 16.9 Å². The number of ether oxygens (including phenoxy) is 3. The summed E-state index contributed by atoms with van der Waals surface area (Å²) < 4.78 is 23.9. The molecule has 3 aromatic rings. The third-order valence-corrected chi connectivity index (χ3v) is 6.50. The molecule has 2 aromatic carbocycles. The normalized spacial score (nSPS) is 14.3. The zero-order valence-corrected chi connectivity index (χ0v) is 24.2. The van der Waals surface area contributed by atoms with Crippen molar-refractivity contribution in [3.05, 3.63) is 48.5 Å². The summed E-state index contributed by atoms with van der Waals surface area (Å²) in [6.45, 7) is 18.7. The van der Waals surface area contributed by atoms with E-state index in [0.29, 0.717) is 12.2 Å². The van der Waals surface area contributed by atoms with E-state index >= 15 is 0 Å². The summed E-state index contributed by atoms with van der Waals surface area (Å²) in [4.78, 5) is 13.3. The number of fused-ring (bicyclic) bond motifs is 1. The molecule has 0 amide bonds. The minimum absolute atomic E-state index is 0.0352. The molecule has 0 fully saturated rings. The number of methoxy groups -OCH3 is 1. The maximum Gasteiger partial charge on any atom is 0.310 e. The molecular formula is C32H44O5. The lowest BCUT2D eigenvalue weighted by Crippen LogP contribution is -2.40. The number of para-hydroxylation sites is 1. The molecule has 0 N–H and O–H groups in total. The Balaban J connectivity index is 1.69. The van der Waals surface area contributed by atoms with E-state index in [4.69, 9.17) is 18.6 Å². The third kappa shape index (κ3) is 7.77. The van der Waals surface area contributed by atoms with Gasteiger partial charge in [-0.25, -0.2) is 0 Å². The average Bonchev–Trinajstić information content (AvgIpc) is 3.18. The molecule has 2 atom stereocenters. The van der Waals surface area contributed by atoms with Crippen LogP contribution >= 0.6 is 0 Å². The zero-order valence-electron chi connectivity index (χ0n) is 24.2. The average molecular weight is 509 g/mol. The number of hydrogen-bond acceptors (Lipinski definition) is 5. The summed E-state index contributed by atoms with van der Waals surface area (Å²) >= 11 is 0. The molecule has 0 saturated carbocycles. The topological polar surface area (TPSA) is 57.9 Å². The van der Waals surface area contributed by atoms with Gasteiger partial charge >= 0.3 is 5.97 Å². The maximum absolute atomic E-state index is 13.3. The predicted octanol–water partition coefficient (Wildman–Crippen LogP) is 8.69. The van der Waals surface area contributed by atoms with Crippen LogP contribution < -0.4 is 9.47 Å². The van der Waals surface area contributed by atoms with E-state index in [1.54, 1.807) is 7.11 Å². The highest BCUT2D eigenvalue weighted by Crippen LogP contribution is 2.38. The first-order valence-corrected chi connectivity index (χ1v) is 13.1. The molecule has 0 aliphatic carbocycles. The van der Waals surface area contributed by atoms with Crippen LogP contribution in [0.3, 0.4) is 0 Å². The Bertz CT molecular complexity index is 1210. The molecule has 0 bridgehead atoms. The number of rotatable bonds is 9. The molecule has 0 spiro atoms. The molecule has 37 heavy (non-hydrogen) atoms. The minimum atomic E-state index is -0.663. The van der Waals surface area contributed by atoms with Crippen LogP contribution in [0.1, 0.15) is 75.2 Å². The lowest BCUT2D eigenvalue weighted by atomic mass is 9.72. The first kappa shape index (κ1) is 28.6. The van der Waals surface area contributed by atoms with Gasteiger partial charge in [-0.1, -0.05) is 53.7 Å². The van der Waals surface area contributed by atoms with E-state index < -0.39 is 5.60 Å². The quantitative estimate of drug-likeness (QED) is 0.271. The lowest BCUT2D eigenvalue weighted by molar-refractivity contribution is -0.169. The Kier molecular flexibility index (Phi) is 8.36. The number of carbonyl (C=O) groups is 1. The number of esters is 1. The van der Waals surface area contributed by atoms with Gasteiger partial charge in [-0.15, -0.1) is 0 Å². The Morgan fingerprint density at radius 2 is 1.59 bits per heavy atom. The maximum atomic E-state index is 13.3. The fourth-order valence-electron chi connectivity index (χ4n) is 4.77. The molecular weight excluding hydrogens is 464 g/mol. The largest absolute Gasteiger partial charge is 0.496 e. The molecule has 5 nitrogen and oxygen atoms in total. The molecule has 0 radical (unpaired) electrons. The van der Waals surface area contributed by atoms with Gasteiger partial charge in [0.15, 0.2) is 0 Å². The number of benzene rings is 2. The summed E-state index contributed by atoms with van der Waals surface area (Å²) in [6.07, 6.45) is 1.17. The molecule has 1 heterocycles. The van der Waals surface area contributed by atoms with Crippen molar-refractivity contribution in [2.75, 3.05) is 7.11 Å². The Morgan fingerprint density at radius 3 is 2.22 bits per heavy atom. The van der Waals surface area contributed by atoms with Crippen LogP contribution in [0.5, 0.6) is 11.5 Å². The summed E-state index contributed by atoms with van der Waals surface area (Å²) in [7, 11) is 1.65. The molecule has 1 aromatic heterocycles. The highest BCUT2D eigenvalue weighted by Gasteiger charge is 2.38.